The average Bonchev–Trinajstić information content (AvgIpc) is 2.48. The zero-order valence-corrected chi connectivity index (χ0v) is 11.2. The number of benzene rings is 1. The highest BCUT2D eigenvalue weighted by Crippen LogP contribution is 2.25. The van der Waals surface area contributed by atoms with Crippen LogP contribution in [0.15, 0.2) is 18.2 Å². The van der Waals surface area contributed by atoms with E-state index in [0.29, 0.717) is 24.1 Å². The van der Waals surface area contributed by atoms with Crippen LogP contribution in [0.25, 0.3) is 0 Å². The minimum atomic E-state index is -0.480. The minimum Gasteiger partial charge on any atom is -0.379 e. The Morgan fingerprint density at radius 1 is 1.45 bits per heavy atom. The summed E-state index contributed by atoms with van der Waals surface area (Å²) < 4.78 is 5.61. The van der Waals surface area contributed by atoms with Crippen LogP contribution in [-0.2, 0) is 4.74 Å². The number of anilines is 1. The molecule has 1 saturated heterocycles. The molecule has 1 heterocycles. The summed E-state index contributed by atoms with van der Waals surface area (Å²) in [6, 6.07) is 4.43. The van der Waals surface area contributed by atoms with E-state index in [2.05, 4.69) is 5.32 Å². The van der Waals surface area contributed by atoms with Gasteiger partial charge in [-0.2, -0.15) is 0 Å². The third kappa shape index (κ3) is 3.77. The molecule has 1 aromatic rings. The standard InChI is InChI=1S/C14H18N2O4/c17-10-11-4-5-13(14(9-11)16(18)19)15-7-6-12-3-1-2-8-20-12/h4-5,9-10,12,15H,1-3,6-8H2. The van der Waals surface area contributed by atoms with Gasteiger partial charge in [0.2, 0.25) is 0 Å². The van der Waals surface area contributed by atoms with Crippen LogP contribution < -0.4 is 5.32 Å². The van der Waals surface area contributed by atoms with Crippen LogP contribution in [0.2, 0.25) is 0 Å². The van der Waals surface area contributed by atoms with Gasteiger partial charge in [0.1, 0.15) is 12.0 Å². The summed E-state index contributed by atoms with van der Waals surface area (Å²) >= 11 is 0. The Hall–Kier alpha value is -1.95. The van der Waals surface area contributed by atoms with Crippen LogP contribution in [0, 0.1) is 10.1 Å². The Bertz CT molecular complexity index is 484. The first-order valence-electron chi connectivity index (χ1n) is 6.80. The molecule has 108 valence electrons. The molecule has 1 aliphatic rings. The van der Waals surface area contributed by atoms with Gasteiger partial charge < -0.3 is 10.1 Å². The molecule has 0 spiro atoms. The Kier molecular flexibility index (Phi) is 5.06. The molecule has 0 radical (unpaired) electrons. The van der Waals surface area contributed by atoms with E-state index < -0.39 is 4.92 Å². The third-order valence-electron chi connectivity index (χ3n) is 3.41. The van der Waals surface area contributed by atoms with Crippen molar-refractivity contribution in [1.29, 1.82) is 0 Å². The zero-order valence-electron chi connectivity index (χ0n) is 11.2. The monoisotopic (exact) mass is 278 g/mol. The summed E-state index contributed by atoms with van der Waals surface area (Å²) in [6.45, 7) is 1.42. The number of hydrogen-bond donors (Lipinski definition) is 1. The number of nitrogens with one attached hydrogen (secondary N) is 1. The van der Waals surface area contributed by atoms with Gasteiger partial charge in [0.15, 0.2) is 0 Å². The lowest BCUT2D eigenvalue weighted by Gasteiger charge is -2.22. The number of carbonyl (C=O) groups is 1. The lowest BCUT2D eigenvalue weighted by molar-refractivity contribution is -0.384. The predicted octanol–water partition coefficient (Wildman–Crippen LogP) is 2.78. The minimum absolute atomic E-state index is 0.0702. The fourth-order valence-corrected chi connectivity index (χ4v) is 2.33. The van der Waals surface area contributed by atoms with Gasteiger partial charge in [-0.3, -0.25) is 14.9 Å². The second-order valence-electron chi connectivity index (χ2n) is 4.86. The molecular weight excluding hydrogens is 260 g/mol. The van der Waals surface area contributed by atoms with Crippen molar-refractivity contribution >= 4 is 17.7 Å². The summed E-state index contributed by atoms with van der Waals surface area (Å²) in [7, 11) is 0. The van der Waals surface area contributed by atoms with Crippen LogP contribution in [-0.4, -0.2) is 30.5 Å². The number of nitrogens with zero attached hydrogens (tertiary/aromatic N) is 1. The number of ether oxygens (including phenoxy) is 1. The quantitative estimate of drug-likeness (QED) is 0.491. The number of aldehydes is 1. The molecule has 20 heavy (non-hydrogen) atoms. The molecule has 0 aliphatic carbocycles. The molecule has 0 saturated carbocycles. The van der Waals surface area contributed by atoms with Gasteiger partial charge in [-0.15, -0.1) is 0 Å². The van der Waals surface area contributed by atoms with Crippen LogP contribution in [0.4, 0.5) is 11.4 Å². The van der Waals surface area contributed by atoms with Crippen molar-refractivity contribution < 1.29 is 14.5 Å². The molecule has 1 N–H and O–H groups in total. The maximum absolute atomic E-state index is 11.0. The molecule has 1 unspecified atom stereocenters. The normalized spacial score (nSPS) is 18.5. The molecule has 2 rings (SSSR count). The summed E-state index contributed by atoms with van der Waals surface area (Å²) in [5.74, 6) is 0. The van der Waals surface area contributed by atoms with E-state index in [-0.39, 0.29) is 11.8 Å². The Morgan fingerprint density at radius 2 is 2.30 bits per heavy atom. The molecule has 0 aromatic heterocycles. The second kappa shape index (κ2) is 7.00. The third-order valence-corrected chi connectivity index (χ3v) is 3.41. The fourth-order valence-electron chi connectivity index (χ4n) is 2.33. The van der Waals surface area contributed by atoms with Gasteiger partial charge in [0, 0.05) is 24.8 Å². The van der Waals surface area contributed by atoms with Crippen molar-refractivity contribution in [2.24, 2.45) is 0 Å². The molecular formula is C14H18N2O4. The van der Waals surface area contributed by atoms with Crippen molar-refractivity contribution in [3.8, 4) is 0 Å². The van der Waals surface area contributed by atoms with Crippen molar-refractivity contribution in [2.75, 3.05) is 18.5 Å². The summed E-state index contributed by atoms with van der Waals surface area (Å²) in [5.41, 5.74) is 0.674. The maximum atomic E-state index is 11.0. The second-order valence-corrected chi connectivity index (χ2v) is 4.86. The molecule has 1 aromatic carbocycles. The van der Waals surface area contributed by atoms with E-state index in [1.54, 1.807) is 12.1 Å². The topological polar surface area (TPSA) is 81.5 Å². The molecule has 1 fully saturated rings. The summed E-state index contributed by atoms with van der Waals surface area (Å²) in [4.78, 5) is 21.2. The number of nitro groups is 1. The summed E-state index contributed by atoms with van der Waals surface area (Å²) in [6.07, 6.45) is 5.01. The lowest BCUT2D eigenvalue weighted by atomic mass is 10.1. The van der Waals surface area contributed by atoms with Crippen LogP contribution in [0.5, 0.6) is 0 Å². The molecule has 0 bridgehead atoms. The van der Waals surface area contributed by atoms with E-state index >= 15 is 0 Å². The maximum Gasteiger partial charge on any atom is 0.293 e. The first-order chi connectivity index (χ1) is 9.70. The molecule has 6 nitrogen and oxygen atoms in total. The van der Waals surface area contributed by atoms with E-state index in [1.165, 1.54) is 12.5 Å². The fraction of sp³-hybridized carbons (Fsp3) is 0.500. The highest BCUT2D eigenvalue weighted by atomic mass is 16.6. The average molecular weight is 278 g/mol. The number of carbonyl (C=O) groups excluding carboxylic acids is 1. The van der Waals surface area contributed by atoms with Gasteiger partial charge in [0.05, 0.1) is 11.0 Å². The Morgan fingerprint density at radius 3 is 2.95 bits per heavy atom. The predicted molar refractivity (Wildman–Crippen MR) is 75.2 cm³/mol. The van der Waals surface area contributed by atoms with Gasteiger partial charge >= 0.3 is 0 Å². The van der Waals surface area contributed by atoms with E-state index in [9.17, 15) is 14.9 Å². The molecule has 0 amide bonds. The van der Waals surface area contributed by atoms with Crippen molar-refractivity contribution in [3.63, 3.8) is 0 Å². The van der Waals surface area contributed by atoms with Crippen LogP contribution >= 0.6 is 0 Å². The van der Waals surface area contributed by atoms with Crippen LogP contribution in [0.3, 0.4) is 0 Å². The SMILES string of the molecule is O=Cc1ccc(NCCC2CCCCO2)c([N+](=O)[O-])c1. The molecule has 1 aliphatic heterocycles. The van der Waals surface area contributed by atoms with E-state index in [4.69, 9.17) is 4.74 Å². The number of rotatable bonds is 6. The highest BCUT2D eigenvalue weighted by molar-refractivity contribution is 5.79. The highest BCUT2D eigenvalue weighted by Gasteiger charge is 2.16. The van der Waals surface area contributed by atoms with Gasteiger partial charge in [-0.05, 0) is 37.8 Å². The van der Waals surface area contributed by atoms with Crippen LogP contribution in [0.1, 0.15) is 36.0 Å². The van der Waals surface area contributed by atoms with E-state index in [0.717, 1.165) is 25.9 Å². The first kappa shape index (κ1) is 14.5. The Labute approximate surface area is 117 Å². The van der Waals surface area contributed by atoms with E-state index in [1.807, 2.05) is 0 Å². The zero-order chi connectivity index (χ0) is 14.4. The van der Waals surface area contributed by atoms with Gasteiger partial charge in [0.25, 0.3) is 5.69 Å². The summed E-state index contributed by atoms with van der Waals surface area (Å²) in [5, 5.41) is 14.0. The molecule has 6 heteroatoms. The van der Waals surface area contributed by atoms with Crippen molar-refractivity contribution in [1.82, 2.24) is 0 Å². The van der Waals surface area contributed by atoms with Crippen molar-refractivity contribution in [2.45, 2.75) is 31.8 Å². The van der Waals surface area contributed by atoms with Gasteiger partial charge in [-0.1, -0.05) is 0 Å². The largest absolute Gasteiger partial charge is 0.379 e. The molecule has 1 atom stereocenters. The Balaban J connectivity index is 1.94. The lowest BCUT2D eigenvalue weighted by Crippen LogP contribution is -2.22. The number of hydrogen-bond acceptors (Lipinski definition) is 5. The van der Waals surface area contributed by atoms with Crippen molar-refractivity contribution in [3.05, 3.63) is 33.9 Å². The van der Waals surface area contributed by atoms with Gasteiger partial charge in [-0.25, -0.2) is 0 Å². The number of nitro benzene ring substituents is 1. The smallest absolute Gasteiger partial charge is 0.293 e. The first-order valence-corrected chi connectivity index (χ1v) is 6.80.